The van der Waals surface area contributed by atoms with Crippen LogP contribution in [0.4, 0.5) is 5.82 Å². The molecule has 0 unspecified atom stereocenters. The molecule has 2 fully saturated rings. The summed E-state index contributed by atoms with van der Waals surface area (Å²) in [6.07, 6.45) is 10.0. The van der Waals surface area contributed by atoms with E-state index in [0.29, 0.717) is 22.8 Å². The number of carbonyl (C=O) groups is 2. The van der Waals surface area contributed by atoms with Crippen LogP contribution in [-0.2, 0) is 22.4 Å². The fourth-order valence-electron chi connectivity index (χ4n) is 6.17. The Morgan fingerprint density at radius 2 is 2.06 bits per heavy atom. The van der Waals surface area contributed by atoms with Crippen LogP contribution < -0.4 is 15.4 Å². The van der Waals surface area contributed by atoms with Gasteiger partial charge < -0.3 is 20.5 Å². The van der Waals surface area contributed by atoms with Gasteiger partial charge in [-0.25, -0.2) is 9.97 Å². The Kier molecular flexibility index (Phi) is 6.62. The zero-order chi connectivity index (χ0) is 24.4. The highest BCUT2D eigenvalue weighted by atomic mass is 16.5. The van der Waals surface area contributed by atoms with Crippen molar-refractivity contribution in [1.29, 1.82) is 0 Å². The summed E-state index contributed by atoms with van der Waals surface area (Å²) in [5, 5.41) is 15.7. The minimum atomic E-state index is -0.956. The van der Waals surface area contributed by atoms with Gasteiger partial charge >= 0.3 is 5.97 Å². The van der Waals surface area contributed by atoms with E-state index in [1.54, 1.807) is 18.3 Å². The zero-order valence-electron chi connectivity index (χ0n) is 20.3. The molecule has 8 nitrogen and oxygen atoms in total. The van der Waals surface area contributed by atoms with Crippen LogP contribution in [0, 0.1) is 17.3 Å². The standard InChI is InChI=1S/C27H34N4O4/c1-35-23-9-6-19(16-29-23)22(11-24(32)33)31-26(34)20-14-27(15-20)12-17(13-27)4-7-21-8-5-18-3-2-10-28-25(18)30-21/h5-6,8-9,16-17,20,22H,2-4,7,10-15H2,1H3,(H,28,30)(H,31,34)(H,32,33)/t17?,20?,22-,27?/m0/s1. The molecule has 0 bridgehead atoms. The number of amides is 1. The van der Waals surface area contributed by atoms with Gasteiger partial charge in [-0.05, 0) is 79.9 Å². The number of hydrogen-bond donors (Lipinski definition) is 3. The number of aromatic nitrogens is 2. The predicted octanol–water partition coefficient (Wildman–Crippen LogP) is 3.91. The molecule has 1 amide bonds. The van der Waals surface area contributed by atoms with Gasteiger partial charge in [0.15, 0.2) is 0 Å². The summed E-state index contributed by atoms with van der Waals surface area (Å²) in [6.45, 7) is 1.01. The normalized spacial score (nSPS) is 25.4. The second-order valence-corrected chi connectivity index (χ2v) is 10.6. The molecule has 2 aromatic heterocycles. The van der Waals surface area contributed by atoms with E-state index >= 15 is 0 Å². The molecule has 1 atom stereocenters. The number of anilines is 1. The lowest BCUT2D eigenvalue weighted by atomic mass is 9.47. The molecular formula is C27H34N4O4. The third-order valence-electron chi connectivity index (χ3n) is 8.00. The monoisotopic (exact) mass is 478 g/mol. The summed E-state index contributed by atoms with van der Waals surface area (Å²) < 4.78 is 5.07. The quantitative estimate of drug-likeness (QED) is 0.501. The fraction of sp³-hybridized carbons (Fsp3) is 0.556. The maximum atomic E-state index is 12.9. The number of aliphatic carboxylic acids is 1. The zero-order valence-corrected chi connectivity index (χ0v) is 20.3. The van der Waals surface area contributed by atoms with E-state index in [4.69, 9.17) is 9.72 Å². The van der Waals surface area contributed by atoms with Crippen LogP contribution in [0.2, 0.25) is 0 Å². The van der Waals surface area contributed by atoms with Gasteiger partial charge in [-0.3, -0.25) is 9.59 Å². The number of carboxylic acid groups (broad SMARTS) is 1. The van der Waals surface area contributed by atoms with Gasteiger partial charge in [0.05, 0.1) is 19.6 Å². The van der Waals surface area contributed by atoms with Gasteiger partial charge in [0, 0.05) is 30.4 Å². The number of rotatable bonds is 9. The van der Waals surface area contributed by atoms with Crippen molar-refractivity contribution in [3.63, 3.8) is 0 Å². The van der Waals surface area contributed by atoms with Crippen LogP contribution in [0.25, 0.3) is 0 Å². The molecule has 1 spiro atoms. The van der Waals surface area contributed by atoms with Gasteiger partial charge in [0.25, 0.3) is 0 Å². The first-order chi connectivity index (χ1) is 16.9. The van der Waals surface area contributed by atoms with E-state index in [2.05, 4.69) is 27.8 Å². The molecule has 2 aliphatic carbocycles. The number of pyridine rings is 2. The molecule has 3 N–H and O–H groups in total. The number of nitrogens with zero attached hydrogens (tertiary/aromatic N) is 2. The minimum absolute atomic E-state index is 0.0353. The first kappa shape index (κ1) is 23.6. The van der Waals surface area contributed by atoms with Gasteiger partial charge in [-0.2, -0.15) is 0 Å². The van der Waals surface area contributed by atoms with E-state index in [1.165, 1.54) is 37.6 Å². The lowest BCUT2D eigenvalue weighted by Crippen LogP contribution is -2.52. The summed E-state index contributed by atoms with van der Waals surface area (Å²) in [5.41, 5.74) is 3.48. The van der Waals surface area contributed by atoms with Crippen molar-refractivity contribution in [1.82, 2.24) is 15.3 Å². The third-order valence-corrected chi connectivity index (χ3v) is 8.00. The molecule has 3 aliphatic rings. The summed E-state index contributed by atoms with van der Waals surface area (Å²) in [5.74, 6) is 1.18. The molecule has 0 saturated heterocycles. The molecular weight excluding hydrogens is 444 g/mol. The molecule has 35 heavy (non-hydrogen) atoms. The number of hydrogen-bond acceptors (Lipinski definition) is 6. The smallest absolute Gasteiger partial charge is 0.305 e. The van der Waals surface area contributed by atoms with Crippen LogP contribution in [0.3, 0.4) is 0 Å². The Morgan fingerprint density at radius 1 is 1.23 bits per heavy atom. The highest BCUT2D eigenvalue weighted by Crippen LogP contribution is 2.62. The molecule has 1 aliphatic heterocycles. The van der Waals surface area contributed by atoms with Crippen LogP contribution in [0.15, 0.2) is 30.5 Å². The van der Waals surface area contributed by atoms with Crippen LogP contribution >= 0.6 is 0 Å². The molecule has 5 rings (SSSR count). The highest BCUT2D eigenvalue weighted by Gasteiger charge is 2.54. The predicted molar refractivity (Wildman–Crippen MR) is 131 cm³/mol. The average Bonchev–Trinajstić information content (AvgIpc) is 2.81. The Morgan fingerprint density at radius 3 is 2.77 bits per heavy atom. The summed E-state index contributed by atoms with van der Waals surface area (Å²) >= 11 is 0. The Hall–Kier alpha value is -3.16. The number of aryl methyl sites for hydroxylation is 2. The van der Waals surface area contributed by atoms with E-state index in [0.717, 1.165) is 44.5 Å². The number of carbonyl (C=O) groups excluding carboxylic acids is 1. The molecule has 2 aromatic rings. The Bertz CT molecular complexity index is 1070. The number of ether oxygens (including phenoxy) is 1. The summed E-state index contributed by atoms with van der Waals surface area (Å²) in [7, 11) is 1.53. The second kappa shape index (κ2) is 9.84. The first-order valence-electron chi connectivity index (χ1n) is 12.7. The summed E-state index contributed by atoms with van der Waals surface area (Å²) in [6, 6.07) is 7.24. The van der Waals surface area contributed by atoms with Crippen molar-refractivity contribution in [2.45, 2.75) is 63.8 Å². The lowest BCUT2D eigenvalue weighted by Gasteiger charge is -2.57. The van der Waals surface area contributed by atoms with Crippen molar-refractivity contribution in [3.8, 4) is 5.88 Å². The topological polar surface area (TPSA) is 113 Å². The number of fused-ring (bicyclic) bond motifs is 1. The fourth-order valence-corrected chi connectivity index (χ4v) is 6.17. The molecule has 8 heteroatoms. The van der Waals surface area contributed by atoms with Crippen molar-refractivity contribution in [2.24, 2.45) is 17.3 Å². The molecule has 0 radical (unpaired) electrons. The SMILES string of the molecule is COc1ccc([C@H](CC(=O)O)NC(=O)C2CC3(CC(CCc4ccc5c(n4)NCCC5)C3)C2)cn1. The largest absolute Gasteiger partial charge is 0.481 e. The highest BCUT2D eigenvalue weighted by molar-refractivity contribution is 5.81. The van der Waals surface area contributed by atoms with Crippen LogP contribution in [-0.4, -0.2) is 40.6 Å². The average molecular weight is 479 g/mol. The lowest BCUT2D eigenvalue weighted by molar-refractivity contribution is -0.143. The second-order valence-electron chi connectivity index (χ2n) is 10.6. The van der Waals surface area contributed by atoms with Crippen molar-refractivity contribution in [2.75, 3.05) is 19.0 Å². The van der Waals surface area contributed by atoms with Gasteiger partial charge in [-0.1, -0.05) is 12.1 Å². The van der Waals surface area contributed by atoms with Gasteiger partial charge in [-0.15, -0.1) is 0 Å². The van der Waals surface area contributed by atoms with E-state index < -0.39 is 12.0 Å². The molecule has 186 valence electrons. The van der Waals surface area contributed by atoms with Crippen LogP contribution in [0.1, 0.15) is 67.8 Å². The van der Waals surface area contributed by atoms with Gasteiger partial charge in [0.1, 0.15) is 5.82 Å². The summed E-state index contributed by atoms with van der Waals surface area (Å²) in [4.78, 5) is 33.2. The third kappa shape index (κ3) is 5.26. The number of carboxylic acids is 1. The van der Waals surface area contributed by atoms with E-state index in [9.17, 15) is 14.7 Å². The number of methoxy groups -OCH3 is 1. The van der Waals surface area contributed by atoms with E-state index in [-0.39, 0.29) is 18.2 Å². The van der Waals surface area contributed by atoms with Crippen molar-refractivity contribution >= 4 is 17.7 Å². The molecule has 2 saturated carbocycles. The Labute approximate surface area is 205 Å². The van der Waals surface area contributed by atoms with Gasteiger partial charge in [0.2, 0.25) is 11.8 Å². The van der Waals surface area contributed by atoms with Crippen molar-refractivity contribution in [3.05, 3.63) is 47.3 Å². The van der Waals surface area contributed by atoms with Crippen molar-refractivity contribution < 1.29 is 19.4 Å². The van der Waals surface area contributed by atoms with Crippen LogP contribution in [0.5, 0.6) is 5.88 Å². The Balaban J connectivity index is 1.08. The van der Waals surface area contributed by atoms with E-state index in [1.807, 2.05) is 0 Å². The first-order valence-corrected chi connectivity index (χ1v) is 12.7. The number of nitrogens with one attached hydrogen (secondary N) is 2. The molecule has 3 heterocycles. The molecule has 0 aromatic carbocycles. The maximum absolute atomic E-state index is 12.9. The maximum Gasteiger partial charge on any atom is 0.305 e. The minimum Gasteiger partial charge on any atom is -0.481 e.